The number of aryl methyl sites for hydroxylation is 1. The van der Waals surface area contributed by atoms with E-state index in [1.807, 2.05) is 13.0 Å². The smallest absolute Gasteiger partial charge is 0.227 e. The first-order chi connectivity index (χ1) is 20.1. The van der Waals surface area contributed by atoms with Crippen LogP contribution in [0.2, 0.25) is 0 Å². The van der Waals surface area contributed by atoms with Crippen molar-refractivity contribution in [2.45, 2.75) is 63.4 Å². The Morgan fingerprint density at radius 2 is 1.90 bits per heavy atom. The van der Waals surface area contributed by atoms with Crippen LogP contribution in [-0.4, -0.2) is 58.3 Å². The van der Waals surface area contributed by atoms with Gasteiger partial charge in [-0.3, -0.25) is 9.79 Å². The van der Waals surface area contributed by atoms with Crippen molar-refractivity contribution in [2.24, 2.45) is 16.8 Å². The Labute approximate surface area is 244 Å². The second-order valence-electron chi connectivity index (χ2n) is 11.3. The third kappa shape index (κ3) is 5.80. The van der Waals surface area contributed by atoms with Gasteiger partial charge >= 0.3 is 0 Å². The predicted molar refractivity (Wildman–Crippen MR) is 158 cm³/mol. The molecule has 0 radical (unpaired) electrons. The van der Waals surface area contributed by atoms with E-state index in [9.17, 15) is 13.2 Å². The molecule has 0 spiro atoms. The molecular formula is C30H33N7O4S. The third-order valence-corrected chi connectivity index (χ3v) is 9.05. The zero-order chi connectivity index (χ0) is 29.6. The van der Waals surface area contributed by atoms with Gasteiger partial charge in [-0.1, -0.05) is 18.6 Å². The lowest BCUT2D eigenvalue weighted by Crippen LogP contribution is -2.28. The number of nitrogens with one attached hydrogen (secondary N) is 1. The van der Waals surface area contributed by atoms with Crippen LogP contribution >= 0.6 is 0 Å². The van der Waals surface area contributed by atoms with Crippen LogP contribution in [0.3, 0.4) is 0 Å². The summed E-state index contributed by atoms with van der Waals surface area (Å²) in [6.07, 6.45) is 10.7. The fourth-order valence-corrected chi connectivity index (χ4v) is 5.84. The number of amidine groups is 1. The number of aliphatic imine (C=N–C) groups is 1. The molecule has 1 N–H and O–H groups in total. The van der Waals surface area contributed by atoms with E-state index in [0.717, 1.165) is 43.2 Å². The van der Waals surface area contributed by atoms with Gasteiger partial charge in [-0.25, -0.2) is 33.3 Å². The number of allylic oxidation sites excluding steroid dienone is 1. The molecule has 0 bridgehead atoms. The van der Waals surface area contributed by atoms with Crippen LogP contribution in [0.4, 0.5) is 5.69 Å². The van der Waals surface area contributed by atoms with E-state index in [0.29, 0.717) is 51.7 Å². The number of hydrogen-bond donors (Lipinski definition) is 1. The van der Waals surface area contributed by atoms with E-state index in [4.69, 9.17) is 14.7 Å². The summed E-state index contributed by atoms with van der Waals surface area (Å²) >= 11 is 0. The van der Waals surface area contributed by atoms with Gasteiger partial charge in [0.15, 0.2) is 26.5 Å². The van der Waals surface area contributed by atoms with Gasteiger partial charge in [0.25, 0.3) is 0 Å². The van der Waals surface area contributed by atoms with Gasteiger partial charge in [0.1, 0.15) is 11.9 Å². The van der Waals surface area contributed by atoms with Crippen molar-refractivity contribution in [3.8, 4) is 17.3 Å². The van der Waals surface area contributed by atoms with E-state index in [2.05, 4.69) is 32.2 Å². The maximum absolute atomic E-state index is 13.5. The lowest BCUT2D eigenvalue weighted by molar-refractivity contribution is -0.112. The lowest BCUT2D eigenvalue weighted by Gasteiger charge is -2.22. The molecule has 11 nitrogen and oxygen atoms in total. The van der Waals surface area contributed by atoms with Crippen LogP contribution in [0.1, 0.15) is 67.6 Å². The first-order valence-electron chi connectivity index (χ1n) is 14.1. The van der Waals surface area contributed by atoms with Crippen LogP contribution in [0.25, 0.3) is 17.5 Å². The van der Waals surface area contributed by atoms with E-state index in [1.165, 1.54) is 18.6 Å². The Morgan fingerprint density at radius 1 is 1.12 bits per heavy atom. The largest absolute Gasteiger partial charge is 0.480 e. The van der Waals surface area contributed by atoms with Crippen molar-refractivity contribution in [2.75, 3.05) is 18.7 Å². The molecule has 6 rings (SSSR count). The maximum Gasteiger partial charge on any atom is 0.227 e. The second-order valence-corrected chi connectivity index (χ2v) is 13.3. The van der Waals surface area contributed by atoms with Gasteiger partial charge in [0, 0.05) is 24.8 Å². The van der Waals surface area contributed by atoms with Gasteiger partial charge in [-0.2, -0.15) is 0 Å². The molecule has 0 unspecified atom stereocenters. The number of pyridine rings is 1. The number of sulfone groups is 1. The van der Waals surface area contributed by atoms with Gasteiger partial charge in [-0.15, -0.1) is 0 Å². The van der Waals surface area contributed by atoms with E-state index in [1.54, 1.807) is 13.2 Å². The number of ether oxygens (including phenoxy) is 1. The fraction of sp³-hybridized carbons (Fsp3) is 0.433. The standard InChI is InChI=1S/C30H33N7O4S/c1-16(19-6-7-19)21-11-22-26(17(2)35-29(36-22)25-27(20-8-9-20)33-15-34-30(25)41-3)37-28(23(38)12-21)32-14-18-5-10-24(31-13-18)42(4,39)40/h5,10-11,13,15-16,19-20H,6-9,12,14H2,1-4H3,(H,32,37)/b21-11-/t16-/m0/s1. The number of Topliss-reactive ketones (excluding diaryl/α,β-unsaturated/α-hetero) is 1. The highest BCUT2D eigenvalue weighted by Crippen LogP contribution is 2.46. The van der Waals surface area contributed by atoms with E-state index < -0.39 is 9.84 Å². The number of aromatic nitrogens is 5. The first-order valence-corrected chi connectivity index (χ1v) is 16.0. The number of nitrogens with zero attached hydrogens (tertiary/aromatic N) is 6. The average molecular weight is 588 g/mol. The van der Waals surface area contributed by atoms with Crippen LogP contribution < -0.4 is 10.1 Å². The lowest BCUT2D eigenvalue weighted by atomic mass is 9.89. The van der Waals surface area contributed by atoms with Crippen LogP contribution in [0, 0.1) is 18.8 Å². The highest BCUT2D eigenvalue weighted by atomic mass is 32.2. The monoisotopic (exact) mass is 587 g/mol. The minimum Gasteiger partial charge on any atom is -0.480 e. The summed E-state index contributed by atoms with van der Waals surface area (Å²) in [5.74, 6) is 2.11. The maximum atomic E-state index is 13.5. The summed E-state index contributed by atoms with van der Waals surface area (Å²) < 4.78 is 29.2. The molecule has 3 aliphatic rings. The van der Waals surface area contributed by atoms with E-state index >= 15 is 0 Å². The third-order valence-electron chi connectivity index (χ3n) is 8.05. The Bertz CT molecular complexity index is 1730. The molecule has 42 heavy (non-hydrogen) atoms. The van der Waals surface area contributed by atoms with Crippen LogP contribution in [-0.2, 0) is 21.2 Å². The Balaban J connectivity index is 1.42. The average Bonchev–Trinajstić information content (AvgIpc) is 3.87. The van der Waals surface area contributed by atoms with Crippen molar-refractivity contribution >= 4 is 33.2 Å². The molecule has 12 heteroatoms. The molecule has 0 saturated heterocycles. The number of fused-ring (bicyclic) bond motifs is 1. The molecule has 218 valence electrons. The Kier molecular flexibility index (Phi) is 7.34. The summed E-state index contributed by atoms with van der Waals surface area (Å²) in [4.78, 5) is 41.0. The molecule has 1 aliphatic heterocycles. The SMILES string of the molecule is COc1ncnc(C2CC2)c1-c1nc(C)c2c(n1)/C=C(\[C@@H](C)C1CC1)CC(=O)C(=NCc1ccc(S(C)(=O)=O)nc1)N2. The molecule has 2 fully saturated rings. The molecular weight excluding hydrogens is 554 g/mol. The number of rotatable bonds is 8. The highest BCUT2D eigenvalue weighted by molar-refractivity contribution is 7.90. The quantitative estimate of drug-likeness (QED) is 0.403. The zero-order valence-electron chi connectivity index (χ0n) is 24.1. The second kappa shape index (κ2) is 11.0. The summed E-state index contributed by atoms with van der Waals surface area (Å²) in [5.41, 5.74) is 5.23. The summed E-state index contributed by atoms with van der Waals surface area (Å²) in [7, 11) is -1.83. The minimum atomic E-state index is -3.41. The molecule has 0 aromatic carbocycles. The van der Waals surface area contributed by atoms with Gasteiger partial charge in [0.2, 0.25) is 11.7 Å². The van der Waals surface area contributed by atoms with Gasteiger partial charge in [-0.05, 0) is 62.1 Å². The molecule has 3 aromatic heterocycles. The van der Waals surface area contributed by atoms with Gasteiger partial charge in [0.05, 0.1) is 36.4 Å². The number of hydrogen-bond acceptors (Lipinski definition) is 10. The molecule has 2 aliphatic carbocycles. The summed E-state index contributed by atoms with van der Waals surface area (Å²) in [6, 6.07) is 3.10. The number of carbonyl (C=O) groups excluding carboxylic acids is 1. The Morgan fingerprint density at radius 3 is 2.55 bits per heavy atom. The Hall–Kier alpha value is -4.06. The molecule has 0 amide bonds. The van der Waals surface area contributed by atoms with E-state index in [-0.39, 0.29) is 35.5 Å². The van der Waals surface area contributed by atoms with Crippen LogP contribution in [0.5, 0.6) is 5.88 Å². The number of ketones is 1. The molecule has 4 heterocycles. The van der Waals surface area contributed by atoms with Crippen molar-refractivity contribution < 1.29 is 17.9 Å². The van der Waals surface area contributed by atoms with Crippen LogP contribution in [0.15, 0.2) is 40.2 Å². The number of anilines is 1. The molecule has 2 saturated carbocycles. The normalized spacial score (nSPS) is 20.1. The minimum absolute atomic E-state index is 0.00862. The zero-order valence-corrected chi connectivity index (χ0v) is 24.9. The van der Waals surface area contributed by atoms with Crippen molar-refractivity contribution in [1.29, 1.82) is 0 Å². The summed E-state index contributed by atoms with van der Waals surface area (Å²) in [6.45, 7) is 4.20. The van der Waals surface area contributed by atoms with Crippen molar-refractivity contribution in [3.05, 3.63) is 52.9 Å². The number of methoxy groups -OCH3 is 1. The fourth-order valence-electron chi connectivity index (χ4n) is 5.28. The predicted octanol–water partition coefficient (Wildman–Crippen LogP) is 4.34. The highest BCUT2D eigenvalue weighted by Gasteiger charge is 2.34. The molecule has 3 aromatic rings. The number of carbonyl (C=O) groups is 1. The summed E-state index contributed by atoms with van der Waals surface area (Å²) in [5, 5.41) is 3.23. The van der Waals surface area contributed by atoms with Gasteiger partial charge < -0.3 is 10.1 Å². The topological polar surface area (TPSA) is 149 Å². The first kappa shape index (κ1) is 28.1. The molecule has 1 atom stereocenters. The van der Waals surface area contributed by atoms with Crippen molar-refractivity contribution in [3.63, 3.8) is 0 Å². The van der Waals surface area contributed by atoms with Crippen molar-refractivity contribution in [1.82, 2.24) is 24.9 Å².